The molecule has 1 aromatic heterocycles. The summed E-state index contributed by atoms with van der Waals surface area (Å²) in [6.07, 6.45) is 1.34. The summed E-state index contributed by atoms with van der Waals surface area (Å²) in [5.74, 6) is -0.865. The molecule has 2 aromatic rings. The van der Waals surface area contributed by atoms with Crippen molar-refractivity contribution in [2.45, 2.75) is 18.9 Å². The summed E-state index contributed by atoms with van der Waals surface area (Å²) in [5.41, 5.74) is 1.09. The highest BCUT2D eigenvalue weighted by molar-refractivity contribution is 5.99. The first-order valence-electron chi connectivity index (χ1n) is 7.06. The number of aromatic nitrogens is 1. The second-order valence-corrected chi connectivity index (χ2v) is 5.20. The average molecular weight is 301 g/mol. The monoisotopic (exact) mass is 301 g/mol. The van der Waals surface area contributed by atoms with Gasteiger partial charge in [0.05, 0.1) is 6.04 Å². The molecule has 0 spiro atoms. The summed E-state index contributed by atoms with van der Waals surface area (Å²) in [4.78, 5) is 39.0. The number of nitrogens with zero attached hydrogens (tertiary/aromatic N) is 1. The van der Waals surface area contributed by atoms with Crippen LogP contribution in [0.15, 0.2) is 28.7 Å². The van der Waals surface area contributed by atoms with Crippen LogP contribution in [0.3, 0.4) is 0 Å². The molecular weight excluding hydrogens is 286 g/mol. The third-order valence-corrected chi connectivity index (χ3v) is 3.77. The van der Waals surface area contributed by atoms with Gasteiger partial charge in [-0.25, -0.2) is 4.98 Å². The zero-order valence-corrected chi connectivity index (χ0v) is 11.7. The van der Waals surface area contributed by atoms with Crippen molar-refractivity contribution in [2.24, 2.45) is 5.92 Å². The second-order valence-electron chi connectivity index (χ2n) is 5.20. The lowest BCUT2D eigenvalue weighted by Crippen LogP contribution is -2.39. The Labute approximate surface area is 126 Å². The molecule has 0 aliphatic carbocycles. The van der Waals surface area contributed by atoms with E-state index >= 15 is 0 Å². The molecule has 1 saturated heterocycles. The number of Topliss-reactive ketones (excluding diaryl/α,β-unsaturated/α-hetero) is 1. The van der Waals surface area contributed by atoms with Crippen molar-refractivity contribution in [3.05, 3.63) is 30.2 Å². The van der Waals surface area contributed by atoms with E-state index in [-0.39, 0.29) is 24.1 Å². The van der Waals surface area contributed by atoms with E-state index < -0.39 is 11.8 Å². The van der Waals surface area contributed by atoms with Crippen molar-refractivity contribution in [3.63, 3.8) is 0 Å². The minimum Gasteiger partial charge on any atom is -0.434 e. The number of carbonyl (C=O) groups excluding carboxylic acids is 3. The molecule has 2 N–H and O–H groups in total. The van der Waals surface area contributed by atoms with Gasteiger partial charge < -0.3 is 15.1 Å². The number of fused-ring (bicyclic) bond motifs is 1. The van der Waals surface area contributed by atoms with Gasteiger partial charge in [0.25, 0.3) is 5.89 Å². The van der Waals surface area contributed by atoms with Crippen LogP contribution in [0.2, 0.25) is 0 Å². The van der Waals surface area contributed by atoms with Gasteiger partial charge in [0.2, 0.25) is 18.1 Å². The third kappa shape index (κ3) is 2.69. The van der Waals surface area contributed by atoms with E-state index in [0.717, 1.165) is 0 Å². The molecular formula is C15H15N3O4. The molecule has 1 fully saturated rings. The molecule has 2 atom stereocenters. The predicted octanol–water partition coefficient (Wildman–Crippen LogP) is 0.651. The van der Waals surface area contributed by atoms with Gasteiger partial charge in [-0.05, 0) is 25.0 Å². The third-order valence-electron chi connectivity index (χ3n) is 3.77. The predicted molar refractivity (Wildman–Crippen MR) is 77.1 cm³/mol. The SMILES string of the molecule is O=CN[C@@H](C[C@@H]1CCNC1=O)C(=O)c1nc2ccccc2o1. The van der Waals surface area contributed by atoms with E-state index in [1.165, 1.54) is 0 Å². The fourth-order valence-corrected chi connectivity index (χ4v) is 2.61. The zero-order chi connectivity index (χ0) is 15.5. The van der Waals surface area contributed by atoms with E-state index in [0.29, 0.717) is 30.5 Å². The number of hydrogen-bond donors (Lipinski definition) is 2. The standard InChI is InChI=1S/C15H15N3O4/c19-8-17-11(7-9-5-6-16-14(9)21)13(20)15-18-10-3-1-2-4-12(10)22-15/h1-4,8-9,11H,5-7H2,(H,16,21)(H,17,19)/t9-,11-/m0/s1. The van der Waals surface area contributed by atoms with Crippen LogP contribution in [-0.2, 0) is 9.59 Å². The van der Waals surface area contributed by atoms with Gasteiger partial charge in [-0.15, -0.1) is 0 Å². The Bertz CT molecular complexity index is 691. The Morgan fingerprint density at radius 2 is 2.32 bits per heavy atom. The molecule has 2 heterocycles. The van der Waals surface area contributed by atoms with E-state index in [4.69, 9.17) is 4.42 Å². The van der Waals surface area contributed by atoms with Gasteiger partial charge in [0, 0.05) is 12.5 Å². The van der Waals surface area contributed by atoms with Crippen LogP contribution in [0.25, 0.3) is 11.1 Å². The summed E-state index contributed by atoms with van der Waals surface area (Å²) >= 11 is 0. The number of oxazole rings is 1. The highest BCUT2D eigenvalue weighted by atomic mass is 16.4. The lowest BCUT2D eigenvalue weighted by molar-refractivity contribution is -0.123. The van der Waals surface area contributed by atoms with E-state index in [1.54, 1.807) is 24.3 Å². The molecule has 0 radical (unpaired) electrons. The van der Waals surface area contributed by atoms with E-state index in [9.17, 15) is 14.4 Å². The van der Waals surface area contributed by atoms with Gasteiger partial charge in [0.1, 0.15) is 5.52 Å². The topological polar surface area (TPSA) is 101 Å². The van der Waals surface area contributed by atoms with Crippen LogP contribution in [0.5, 0.6) is 0 Å². The summed E-state index contributed by atoms with van der Waals surface area (Å²) in [5, 5.41) is 5.17. The first-order chi connectivity index (χ1) is 10.7. The number of ketones is 1. The first kappa shape index (κ1) is 14.2. The highest BCUT2D eigenvalue weighted by Crippen LogP contribution is 2.20. The number of carbonyl (C=O) groups is 3. The minimum atomic E-state index is -0.820. The molecule has 3 rings (SSSR count). The molecule has 0 unspecified atom stereocenters. The van der Waals surface area contributed by atoms with Gasteiger partial charge in [-0.3, -0.25) is 14.4 Å². The molecule has 1 aliphatic heterocycles. The largest absolute Gasteiger partial charge is 0.434 e. The fourth-order valence-electron chi connectivity index (χ4n) is 2.61. The molecule has 1 aromatic carbocycles. The van der Waals surface area contributed by atoms with Crippen LogP contribution in [0.4, 0.5) is 0 Å². The van der Waals surface area contributed by atoms with Crippen LogP contribution in [0.1, 0.15) is 23.5 Å². The molecule has 22 heavy (non-hydrogen) atoms. The summed E-state index contributed by atoms with van der Waals surface area (Å²) in [6.45, 7) is 0.592. The normalized spacial score (nSPS) is 18.9. The number of amides is 2. The smallest absolute Gasteiger partial charge is 0.266 e. The molecule has 1 aliphatic rings. The highest BCUT2D eigenvalue weighted by Gasteiger charge is 2.32. The van der Waals surface area contributed by atoms with Crippen LogP contribution in [0, 0.1) is 5.92 Å². The number of rotatable bonds is 6. The maximum atomic E-state index is 12.5. The maximum Gasteiger partial charge on any atom is 0.266 e. The average Bonchev–Trinajstić information content (AvgIpc) is 3.12. The van der Waals surface area contributed by atoms with Crippen molar-refractivity contribution < 1.29 is 18.8 Å². The van der Waals surface area contributed by atoms with Crippen molar-refractivity contribution in [2.75, 3.05) is 6.54 Å². The van der Waals surface area contributed by atoms with Gasteiger partial charge in [0.15, 0.2) is 5.58 Å². The fraction of sp³-hybridized carbons (Fsp3) is 0.333. The zero-order valence-electron chi connectivity index (χ0n) is 11.7. The van der Waals surface area contributed by atoms with Crippen molar-refractivity contribution in [1.29, 1.82) is 0 Å². The Hall–Kier alpha value is -2.70. The van der Waals surface area contributed by atoms with Crippen molar-refractivity contribution in [3.8, 4) is 0 Å². The summed E-state index contributed by atoms with van der Waals surface area (Å²) in [6, 6.07) is 6.21. The molecule has 7 nitrogen and oxygen atoms in total. The lowest BCUT2D eigenvalue weighted by Gasteiger charge is -2.15. The Morgan fingerprint density at radius 3 is 3.00 bits per heavy atom. The summed E-state index contributed by atoms with van der Waals surface area (Å²) in [7, 11) is 0. The summed E-state index contributed by atoms with van der Waals surface area (Å²) < 4.78 is 5.43. The van der Waals surface area contributed by atoms with E-state index in [2.05, 4.69) is 15.6 Å². The Balaban J connectivity index is 1.82. The first-order valence-corrected chi connectivity index (χ1v) is 7.06. The van der Waals surface area contributed by atoms with Crippen LogP contribution in [-0.4, -0.2) is 35.7 Å². The van der Waals surface area contributed by atoms with Gasteiger partial charge in [-0.1, -0.05) is 12.1 Å². The van der Waals surface area contributed by atoms with Gasteiger partial charge in [-0.2, -0.15) is 0 Å². The lowest BCUT2D eigenvalue weighted by atomic mass is 9.96. The Kier molecular flexibility index (Phi) is 3.86. The number of benzene rings is 1. The molecule has 114 valence electrons. The van der Waals surface area contributed by atoms with E-state index in [1.807, 2.05) is 0 Å². The van der Waals surface area contributed by atoms with Gasteiger partial charge >= 0.3 is 0 Å². The Morgan fingerprint density at radius 1 is 1.50 bits per heavy atom. The maximum absolute atomic E-state index is 12.5. The van der Waals surface area contributed by atoms with Crippen LogP contribution < -0.4 is 10.6 Å². The second kappa shape index (κ2) is 5.97. The van der Waals surface area contributed by atoms with Crippen molar-refractivity contribution in [1.82, 2.24) is 15.6 Å². The molecule has 7 heteroatoms. The molecule has 2 amide bonds. The number of hydrogen-bond acceptors (Lipinski definition) is 5. The minimum absolute atomic E-state index is 0.0565. The number of nitrogens with one attached hydrogen (secondary N) is 2. The molecule has 0 saturated carbocycles. The number of para-hydroxylation sites is 2. The van der Waals surface area contributed by atoms with Crippen molar-refractivity contribution >= 4 is 29.2 Å². The molecule has 0 bridgehead atoms. The van der Waals surface area contributed by atoms with Crippen LogP contribution >= 0.6 is 0 Å². The quantitative estimate of drug-likeness (QED) is 0.602.